The van der Waals surface area contributed by atoms with E-state index in [4.69, 9.17) is 0 Å². The molecule has 2 aromatic rings. The minimum atomic E-state index is -1.55. The Bertz CT molecular complexity index is 593. The van der Waals surface area contributed by atoms with Crippen molar-refractivity contribution in [3.8, 4) is 0 Å². The zero-order valence-electron chi connectivity index (χ0n) is 10.9. The molecule has 0 spiro atoms. The minimum Gasteiger partial charge on any atom is -0.394 e. The van der Waals surface area contributed by atoms with Gasteiger partial charge in [-0.15, -0.1) is 0 Å². The van der Waals surface area contributed by atoms with Gasteiger partial charge in [0.05, 0.1) is 12.6 Å². The molecule has 1 atom stereocenters. The number of aliphatic hydroxyl groups is 1. The first-order valence-electron chi connectivity index (χ1n) is 6.24. The van der Waals surface area contributed by atoms with Crippen LogP contribution < -0.4 is 5.32 Å². The fraction of sp³-hybridized carbons (Fsp3) is 0.200. The molecule has 0 aliphatic heterocycles. The third-order valence-corrected chi connectivity index (χ3v) is 3.06. The van der Waals surface area contributed by atoms with Crippen molar-refractivity contribution in [2.45, 2.75) is 12.6 Å². The number of benzene rings is 2. The first kappa shape index (κ1) is 15.5. The Morgan fingerprint density at radius 1 is 0.952 bits per heavy atom. The molecule has 0 radical (unpaired) electrons. The summed E-state index contributed by atoms with van der Waals surface area (Å²) in [6.45, 7) is -0.169. The van der Waals surface area contributed by atoms with Crippen molar-refractivity contribution < 1.29 is 22.7 Å². The van der Waals surface area contributed by atoms with E-state index in [1.807, 2.05) is 0 Å². The van der Waals surface area contributed by atoms with E-state index in [0.29, 0.717) is 0 Å². The van der Waals surface area contributed by atoms with Crippen LogP contribution in [0.2, 0.25) is 0 Å². The number of rotatable bonds is 5. The van der Waals surface area contributed by atoms with Crippen molar-refractivity contribution in [2.75, 3.05) is 6.61 Å². The predicted octanol–water partition coefficient (Wildman–Crippen LogP) is 3.07. The fourth-order valence-corrected chi connectivity index (χ4v) is 1.91. The zero-order chi connectivity index (χ0) is 15.4. The lowest BCUT2D eigenvalue weighted by Gasteiger charge is -2.17. The molecule has 0 saturated carbocycles. The van der Waals surface area contributed by atoms with E-state index >= 15 is 0 Å². The smallest absolute Gasteiger partial charge is 0.194 e. The van der Waals surface area contributed by atoms with E-state index in [1.54, 1.807) is 12.1 Å². The second kappa shape index (κ2) is 6.69. The van der Waals surface area contributed by atoms with Gasteiger partial charge in [-0.1, -0.05) is 12.1 Å². The number of nitrogens with one attached hydrogen (secondary N) is 1. The maximum Gasteiger partial charge on any atom is 0.194 e. The van der Waals surface area contributed by atoms with Crippen LogP contribution in [0.5, 0.6) is 0 Å². The average molecular weight is 299 g/mol. The van der Waals surface area contributed by atoms with Crippen molar-refractivity contribution in [1.29, 1.82) is 0 Å². The minimum absolute atomic E-state index is 0.0935. The Morgan fingerprint density at radius 3 is 2.05 bits per heavy atom. The largest absolute Gasteiger partial charge is 0.394 e. The number of hydrogen-bond donors (Lipinski definition) is 2. The van der Waals surface area contributed by atoms with E-state index in [-0.39, 0.29) is 17.9 Å². The van der Waals surface area contributed by atoms with E-state index in [2.05, 4.69) is 5.32 Å². The van der Waals surface area contributed by atoms with Crippen LogP contribution in [-0.2, 0) is 6.54 Å². The Labute approximate surface area is 119 Å². The van der Waals surface area contributed by atoms with Crippen molar-refractivity contribution >= 4 is 0 Å². The molecule has 2 N–H and O–H groups in total. The van der Waals surface area contributed by atoms with Crippen molar-refractivity contribution in [3.63, 3.8) is 0 Å². The highest BCUT2D eigenvalue weighted by Crippen LogP contribution is 2.19. The number of hydrogen-bond acceptors (Lipinski definition) is 2. The Balaban J connectivity index is 2.11. The summed E-state index contributed by atoms with van der Waals surface area (Å²) in [5, 5.41) is 12.2. The van der Waals surface area contributed by atoms with Crippen LogP contribution in [0, 0.1) is 23.3 Å². The van der Waals surface area contributed by atoms with Crippen LogP contribution in [0.4, 0.5) is 17.6 Å². The highest BCUT2D eigenvalue weighted by Gasteiger charge is 2.16. The van der Waals surface area contributed by atoms with E-state index < -0.39 is 30.1 Å². The molecule has 112 valence electrons. The van der Waals surface area contributed by atoms with Gasteiger partial charge >= 0.3 is 0 Å². The summed E-state index contributed by atoms with van der Waals surface area (Å²) >= 11 is 0. The quantitative estimate of drug-likeness (QED) is 0.657. The van der Waals surface area contributed by atoms with Crippen molar-refractivity contribution in [2.24, 2.45) is 0 Å². The van der Waals surface area contributed by atoms with Crippen LogP contribution in [0.25, 0.3) is 0 Å². The second-order valence-corrected chi connectivity index (χ2v) is 4.54. The molecule has 2 nitrogen and oxygen atoms in total. The summed E-state index contributed by atoms with van der Waals surface area (Å²) in [6.07, 6.45) is 0. The zero-order valence-corrected chi connectivity index (χ0v) is 10.9. The molecule has 0 amide bonds. The Hall–Kier alpha value is -1.92. The molecule has 0 fully saturated rings. The standard InChI is InChI=1S/C15H13F4NO/c16-11-3-1-9(2-4-11)7-20-14(8-21)10-5-12(17)15(19)13(18)6-10/h1-6,14,20-21H,7-8H2. The molecular weight excluding hydrogens is 286 g/mol. The van der Waals surface area contributed by atoms with Gasteiger partial charge in [0.25, 0.3) is 0 Å². The third-order valence-electron chi connectivity index (χ3n) is 3.06. The lowest BCUT2D eigenvalue weighted by atomic mass is 10.1. The van der Waals surface area contributed by atoms with Gasteiger partial charge < -0.3 is 10.4 Å². The molecule has 0 saturated heterocycles. The monoisotopic (exact) mass is 299 g/mol. The van der Waals surface area contributed by atoms with Gasteiger partial charge in [-0.25, -0.2) is 17.6 Å². The molecule has 0 heterocycles. The van der Waals surface area contributed by atoms with E-state index in [1.165, 1.54) is 12.1 Å². The van der Waals surface area contributed by atoms with Gasteiger partial charge in [-0.3, -0.25) is 0 Å². The van der Waals surface area contributed by atoms with Crippen molar-refractivity contribution in [1.82, 2.24) is 5.32 Å². The molecule has 2 aromatic carbocycles. The van der Waals surface area contributed by atoms with Gasteiger partial charge in [-0.05, 0) is 35.4 Å². The van der Waals surface area contributed by atoms with Gasteiger partial charge in [0.1, 0.15) is 5.82 Å². The van der Waals surface area contributed by atoms with Crippen LogP contribution in [0.3, 0.4) is 0 Å². The lowest BCUT2D eigenvalue weighted by molar-refractivity contribution is 0.242. The first-order valence-corrected chi connectivity index (χ1v) is 6.24. The highest BCUT2D eigenvalue weighted by molar-refractivity contribution is 5.23. The topological polar surface area (TPSA) is 32.3 Å². The molecule has 6 heteroatoms. The highest BCUT2D eigenvalue weighted by atomic mass is 19.2. The summed E-state index contributed by atoms with van der Waals surface area (Å²) in [7, 11) is 0. The van der Waals surface area contributed by atoms with Gasteiger partial charge in [0, 0.05) is 6.54 Å². The Kier molecular flexibility index (Phi) is 4.93. The SMILES string of the molecule is OCC(NCc1ccc(F)cc1)c1cc(F)c(F)c(F)c1. The summed E-state index contributed by atoms with van der Waals surface area (Å²) in [5.41, 5.74) is 0.828. The number of halogens is 4. The van der Waals surface area contributed by atoms with Gasteiger partial charge in [0.2, 0.25) is 0 Å². The van der Waals surface area contributed by atoms with Gasteiger partial charge in [-0.2, -0.15) is 0 Å². The van der Waals surface area contributed by atoms with Crippen LogP contribution in [-0.4, -0.2) is 11.7 Å². The van der Waals surface area contributed by atoms with E-state index in [9.17, 15) is 22.7 Å². The van der Waals surface area contributed by atoms with Crippen LogP contribution in [0.15, 0.2) is 36.4 Å². The maximum atomic E-state index is 13.2. The van der Waals surface area contributed by atoms with Crippen molar-refractivity contribution in [3.05, 3.63) is 70.8 Å². The number of aliphatic hydroxyl groups excluding tert-OH is 1. The first-order chi connectivity index (χ1) is 10.0. The second-order valence-electron chi connectivity index (χ2n) is 4.54. The van der Waals surface area contributed by atoms with Gasteiger partial charge in [0.15, 0.2) is 17.5 Å². The average Bonchev–Trinajstić information content (AvgIpc) is 2.47. The van der Waals surface area contributed by atoms with Crippen LogP contribution >= 0.6 is 0 Å². The maximum absolute atomic E-state index is 13.2. The molecule has 0 aliphatic carbocycles. The molecular formula is C15H13F4NO. The molecule has 21 heavy (non-hydrogen) atoms. The summed E-state index contributed by atoms with van der Waals surface area (Å²) in [5.74, 6) is -4.55. The molecule has 0 bridgehead atoms. The van der Waals surface area contributed by atoms with E-state index in [0.717, 1.165) is 17.7 Å². The Morgan fingerprint density at radius 2 is 1.52 bits per heavy atom. The molecule has 1 unspecified atom stereocenters. The lowest BCUT2D eigenvalue weighted by Crippen LogP contribution is -2.24. The fourth-order valence-electron chi connectivity index (χ4n) is 1.91. The summed E-state index contributed by atoms with van der Waals surface area (Å²) < 4.78 is 52.0. The predicted molar refractivity (Wildman–Crippen MR) is 69.4 cm³/mol. The molecule has 0 aromatic heterocycles. The molecule has 0 aliphatic rings. The summed E-state index contributed by atoms with van der Waals surface area (Å²) in [6, 6.07) is 6.54. The molecule has 2 rings (SSSR count). The third kappa shape index (κ3) is 3.80. The summed E-state index contributed by atoms with van der Waals surface area (Å²) in [4.78, 5) is 0. The van der Waals surface area contributed by atoms with Crippen LogP contribution in [0.1, 0.15) is 17.2 Å². The normalized spacial score (nSPS) is 12.4.